The second-order valence-electron chi connectivity index (χ2n) is 6.21. The van der Waals surface area contributed by atoms with Gasteiger partial charge in [-0.1, -0.05) is 17.7 Å². The minimum Gasteiger partial charge on any atom is -0.458 e. The third kappa shape index (κ3) is 2.56. The van der Waals surface area contributed by atoms with Gasteiger partial charge in [0.25, 0.3) is 5.82 Å². The molecule has 4 heteroatoms. The van der Waals surface area contributed by atoms with Crippen molar-refractivity contribution in [2.75, 3.05) is 5.32 Å². The van der Waals surface area contributed by atoms with Crippen LogP contribution in [0.25, 0.3) is 17.1 Å². The third-order valence-electron chi connectivity index (χ3n) is 4.13. The summed E-state index contributed by atoms with van der Waals surface area (Å²) in [7, 11) is 0. The smallest absolute Gasteiger partial charge is 0.274 e. The second kappa shape index (κ2) is 5.57. The summed E-state index contributed by atoms with van der Waals surface area (Å²) in [5.41, 5.74) is 5.43. The van der Waals surface area contributed by atoms with E-state index in [2.05, 4.69) is 71.1 Å². The zero-order valence-corrected chi connectivity index (χ0v) is 14.1. The summed E-state index contributed by atoms with van der Waals surface area (Å²) in [6, 6.07) is 16.5. The first-order valence-electron chi connectivity index (χ1n) is 8.05. The fourth-order valence-electron chi connectivity index (χ4n) is 2.85. The van der Waals surface area contributed by atoms with E-state index in [1.807, 2.05) is 19.1 Å². The van der Waals surface area contributed by atoms with Gasteiger partial charge < -0.3 is 4.42 Å². The molecular formula is C20H20N3O+. The monoisotopic (exact) mass is 318 g/mol. The predicted molar refractivity (Wildman–Crippen MR) is 95.6 cm³/mol. The highest BCUT2D eigenvalue weighted by atomic mass is 16.3. The highest BCUT2D eigenvalue weighted by Gasteiger charge is 2.23. The summed E-state index contributed by atoms with van der Waals surface area (Å²) in [6.45, 7) is 6.13. The number of aromatic amines is 1. The van der Waals surface area contributed by atoms with E-state index in [0.717, 1.165) is 34.4 Å². The number of benzene rings is 1. The summed E-state index contributed by atoms with van der Waals surface area (Å²) in [5.74, 6) is 2.68. The number of furan rings is 1. The second-order valence-corrected chi connectivity index (χ2v) is 6.21. The molecule has 4 aromatic rings. The number of nitrogens with zero attached hydrogens (tertiary/aromatic N) is 1. The molecular weight excluding hydrogens is 298 g/mol. The molecule has 0 saturated heterocycles. The molecule has 4 rings (SSSR count). The van der Waals surface area contributed by atoms with Crippen LogP contribution in [0.3, 0.4) is 0 Å². The standard InChI is InChI=1S/C20H19N3O/c1-13-4-8-16(9-5-13)21-20-19(17-10-7-15(3)24-17)22-18-11-6-14(2)12-23(18)20/h4-12,21H,1-3H3/p+1. The van der Waals surface area contributed by atoms with Crippen LogP contribution in [-0.2, 0) is 0 Å². The van der Waals surface area contributed by atoms with E-state index in [1.165, 1.54) is 11.1 Å². The largest absolute Gasteiger partial charge is 0.458 e. The van der Waals surface area contributed by atoms with Crippen molar-refractivity contribution in [1.29, 1.82) is 0 Å². The molecule has 4 nitrogen and oxygen atoms in total. The predicted octanol–water partition coefficient (Wildman–Crippen LogP) is 4.68. The van der Waals surface area contributed by atoms with Crippen LogP contribution in [0.15, 0.2) is 59.1 Å². The van der Waals surface area contributed by atoms with Crippen LogP contribution in [-0.4, -0.2) is 4.98 Å². The zero-order chi connectivity index (χ0) is 16.7. The Balaban J connectivity index is 1.89. The van der Waals surface area contributed by atoms with Gasteiger partial charge in [-0.2, -0.15) is 0 Å². The Kier molecular flexibility index (Phi) is 3.38. The topological polar surface area (TPSA) is 45.1 Å². The SMILES string of the molecule is Cc1ccc(Nc2c(-c3ccc(C)o3)[nH]c3ccc(C)c[n+]23)cc1. The molecule has 0 bridgehead atoms. The summed E-state index contributed by atoms with van der Waals surface area (Å²) in [5, 5.41) is 3.53. The van der Waals surface area contributed by atoms with E-state index in [-0.39, 0.29) is 0 Å². The van der Waals surface area contributed by atoms with Crippen LogP contribution in [0.4, 0.5) is 11.5 Å². The minimum atomic E-state index is 0.823. The lowest BCUT2D eigenvalue weighted by molar-refractivity contribution is -0.494. The number of imidazole rings is 1. The highest BCUT2D eigenvalue weighted by molar-refractivity contribution is 5.72. The number of aryl methyl sites for hydroxylation is 3. The molecule has 120 valence electrons. The van der Waals surface area contributed by atoms with Gasteiger partial charge in [0.2, 0.25) is 11.3 Å². The van der Waals surface area contributed by atoms with Crippen LogP contribution in [0.5, 0.6) is 0 Å². The molecule has 24 heavy (non-hydrogen) atoms. The van der Waals surface area contributed by atoms with Gasteiger partial charge in [0.1, 0.15) is 5.76 Å². The lowest BCUT2D eigenvalue weighted by Gasteiger charge is -2.02. The average molecular weight is 318 g/mol. The van der Waals surface area contributed by atoms with Gasteiger partial charge in [-0.25, -0.2) is 4.40 Å². The molecule has 0 amide bonds. The van der Waals surface area contributed by atoms with Crippen molar-refractivity contribution in [1.82, 2.24) is 4.98 Å². The van der Waals surface area contributed by atoms with Crippen LogP contribution in [0, 0.1) is 20.8 Å². The Morgan fingerprint density at radius 3 is 2.33 bits per heavy atom. The quantitative estimate of drug-likeness (QED) is 0.539. The number of rotatable bonds is 3. The average Bonchev–Trinajstić information content (AvgIpc) is 3.14. The number of aromatic nitrogens is 2. The number of nitrogens with one attached hydrogen (secondary N) is 2. The van der Waals surface area contributed by atoms with Gasteiger partial charge in [0.15, 0.2) is 5.76 Å². The van der Waals surface area contributed by atoms with Gasteiger partial charge in [-0.15, -0.1) is 0 Å². The molecule has 0 aliphatic rings. The van der Waals surface area contributed by atoms with Crippen LogP contribution >= 0.6 is 0 Å². The summed E-state index contributed by atoms with van der Waals surface area (Å²) >= 11 is 0. The van der Waals surface area contributed by atoms with Crippen LogP contribution in [0.2, 0.25) is 0 Å². The molecule has 0 radical (unpaired) electrons. The number of H-pyrrole nitrogens is 1. The van der Waals surface area contributed by atoms with E-state index in [4.69, 9.17) is 4.42 Å². The van der Waals surface area contributed by atoms with Crippen LogP contribution in [0.1, 0.15) is 16.9 Å². The third-order valence-corrected chi connectivity index (χ3v) is 4.13. The van der Waals surface area contributed by atoms with Crippen molar-refractivity contribution < 1.29 is 8.82 Å². The maximum atomic E-state index is 5.84. The van der Waals surface area contributed by atoms with E-state index in [1.54, 1.807) is 0 Å². The first kappa shape index (κ1) is 14.6. The fraction of sp³-hybridized carbons (Fsp3) is 0.150. The Morgan fingerprint density at radius 2 is 1.62 bits per heavy atom. The van der Waals surface area contributed by atoms with E-state index in [0.29, 0.717) is 0 Å². The van der Waals surface area contributed by atoms with E-state index < -0.39 is 0 Å². The molecule has 3 heterocycles. The number of hydrogen-bond acceptors (Lipinski definition) is 2. The van der Waals surface area contributed by atoms with Gasteiger partial charge in [-0.3, -0.25) is 10.3 Å². The lowest BCUT2D eigenvalue weighted by atomic mass is 10.2. The summed E-state index contributed by atoms with van der Waals surface area (Å²) in [6.07, 6.45) is 2.11. The molecule has 3 aromatic heterocycles. The molecule has 2 N–H and O–H groups in total. The zero-order valence-electron chi connectivity index (χ0n) is 14.1. The molecule has 0 spiro atoms. The highest BCUT2D eigenvalue weighted by Crippen LogP contribution is 2.29. The normalized spacial score (nSPS) is 11.1. The maximum absolute atomic E-state index is 5.84. The fourth-order valence-corrected chi connectivity index (χ4v) is 2.85. The Labute approximate surface area is 140 Å². The Bertz CT molecular complexity index is 1010. The van der Waals surface area contributed by atoms with Crippen molar-refractivity contribution in [3.05, 3.63) is 71.6 Å². The summed E-state index contributed by atoms with van der Waals surface area (Å²) < 4.78 is 7.97. The molecule has 0 atom stereocenters. The van der Waals surface area contributed by atoms with Crippen molar-refractivity contribution >= 4 is 17.2 Å². The minimum absolute atomic E-state index is 0.823. The molecule has 0 saturated carbocycles. The lowest BCUT2D eigenvalue weighted by Crippen LogP contribution is -2.23. The summed E-state index contributed by atoms with van der Waals surface area (Å²) in [4.78, 5) is 3.46. The first-order valence-corrected chi connectivity index (χ1v) is 8.05. The maximum Gasteiger partial charge on any atom is 0.274 e. The first-order chi connectivity index (χ1) is 11.6. The Morgan fingerprint density at radius 1 is 0.875 bits per heavy atom. The van der Waals surface area contributed by atoms with Crippen molar-refractivity contribution in [3.8, 4) is 11.5 Å². The number of hydrogen-bond donors (Lipinski definition) is 2. The molecule has 1 aromatic carbocycles. The van der Waals surface area contributed by atoms with Crippen molar-refractivity contribution in [2.24, 2.45) is 0 Å². The number of pyridine rings is 1. The molecule has 0 fully saturated rings. The molecule has 0 aliphatic carbocycles. The number of fused-ring (bicyclic) bond motifs is 1. The van der Waals surface area contributed by atoms with E-state index >= 15 is 0 Å². The van der Waals surface area contributed by atoms with Crippen LogP contribution < -0.4 is 9.72 Å². The number of anilines is 2. The molecule has 0 aliphatic heterocycles. The van der Waals surface area contributed by atoms with Crippen molar-refractivity contribution in [3.63, 3.8) is 0 Å². The van der Waals surface area contributed by atoms with Gasteiger partial charge >= 0.3 is 0 Å². The van der Waals surface area contributed by atoms with Gasteiger partial charge in [0.05, 0.1) is 11.9 Å². The van der Waals surface area contributed by atoms with E-state index in [9.17, 15) is 0 Å². The van der Waals surface area contributed by atoms with Gasteiger partial charge in [-0.05, 0) is 56.7 Å². The Hall–Kier alpha value is -3.01. The van der Waals surface area contributed by atoms with Gasteiger partial charge in [0, 0.05) is 6.07 Å². The van der Waals surface area contributed by atoms with Crippen molar-refractivity contribution in [2.45, 2.75) is 20.8 Å². The molecule has 0 unspecified atom stereocenters.